The van der Waals surface area contributed by atoms with Crippen molar-refractivity contribution in [3.8, 4) is 6.07 Å². The summed E-state index contributed by atoms with van der Waals surface area (Å²) >= 11 is 0. The van der Waals surface area contributed by atoms with E-state index >= 15 is 0 Å². The van der Waals surface area contributed by atoms with E-state index in [2.05, 4.69) is 49.9 Å². The highest BCUT2D eigenvalue weighted by Crippen LogP contribution is 2.32. The maximum absolute atomic E-state index is 9.43. The van der Waals surface area contributed by atoms with Crippen molar-refractivity contribution in [2.24, 2.45) is 0 Å². The summed E-state index contributed by atoms with van der Waals surface area (Å²) < 4.78 is 0. The molecule has 1 fully saturated rings. The molecular weight excluding hydrogens is 232 g/mol. The van der Waals surface area contributed by atoms with Gasteiger partial charge in [-0.05, 0) is 48.8 Å². The predicted octanol–water partition coefficient (Wildman–Crippen LogP) is 4.24. The van der Waals surface area contributed by atoms with Crippen LogP contribution in [0.15, 0.2) is 18.2 Å². The summed E-state index contributed by atoms with van der Waals surface area (Å²) in [6, 6.07) is 8.82. The average Bonchev–Trinajstić information content (AvgIpc) is 2.47. The SMILES string of the molecule is CCC(C)(C)c1ccc(N2CCCCC2)cc1C#N. The van der Waals surface area contributed by atoms with Crippen LogP contribution in [0.1, 0.15) is 57.6 Å². The molecule has 0 aliphatic carbocycles. The lowest BCUT2D eigenvalue weighted by Crippen LogP contribution is -2.29. The average molecular weight is 256 g/mol. The monoisotopic (exact) mass is 256 g/mol. The summed E-state index contributed by atoms with van der Waals surface area (Å²) in [5, 5.41) is 9.43. The van der Waals surface area contributed by atoms with Crippen molar-refractivity contribution in [3.05, 3.63) is 29.3 Å². The Bertz CT molecular complexity index is 477. The number of piperidine rings is 1. The molecule has 1 aromatic carbocycles. The van der Waals surface area contributed by atoms with Gasteiger partial charge in [0.25, 0.3) is 0 Å². The topological polar surface area (TPSA) is 27.0 Å². The molecule has 1 heterocycles. The fourth-order valence-corrected chi connectivity index (χ4v) is 2.75. The molecule has 0 bridgehead atoms. The van der Waals surface area contributed by atoms with Crippen molar-refractivity contribution in [1.29, 1.82) is 5.26 Å². The number of hydrogen-bond donors (Lipinski definition) is 0. The summed E-state index contributed by atoms with van der Waals surface area (Å²) in [5.41, 5.74) is 3.31. The number of anilines is 1. The Morgan fingerprint density at radius 1 is 1.21 bits per heavy atom. The van der Waals surface area contributed by atoms with Crippen LogP contribution in [0, 0.1) is 11.3 Å². The molecule has 0 radical (unpaired) electrons. The quantitative estimate of drug-likeness (QED) is 0.809. The van der Waals surface area contributed by atoms with Gasteiger partial charge in [0.15, 0.2) is 0 Å². The van der Waals surface area contributed by atoms with E-state index in [1.807, 2.05) is 0 Å². The summed E-state index contributed by atoms with van der Waals surface area (Å²) in [6.45, 7) is 8.86. The Morgan fingerprint density at radius 2 is 1.89 bits per heavy atom. The molecule has 19 heavy (non-hydrogen) atoms. The summed E-state index contributed by atoms with van der Waals surface area (Å²) in [7, 11) is 0. The van der Waals surface area contributed by atoms with Crippen molar-refractivity contribution in [2.45, 2.75) is 51.9 Å². The molecule has 2 rings (SSSR count). The Morgan fingerprint density at radius 3 is 2.47 bits per heavy atom. The first-order chi connectivity index (χ1) is 9.08. The number of hydrogen-bond acceptors (Lipinski definition) is 2. The maximum Gasteiger partial charge on any atom is 0.0995 e. The van der Waals surface area contributed by atoms with Crippen LogP contribution >= 0.6 is 0 Å². The third kappa shape index (κ3) is 2.92. The minimum Gasteiger partial charge on any atom is -0.372 e. The van der Waals surface area contributed by atoms with Gasteiger partial charge in [-0.25, -0.2) is 0 Å². The normalized spacial score (nSPS) is 16.2. The van der Waals surface area contributed by atoms with Crippen LogP contribution in [0.5, 0.6) is 0 Å². The number of nitrogens with zero attached hydrogens (tertiary/aromatic N) is 2. The highest BCUT2D eigenvalue weighted by Gasteiger charge is 2.22. The Balaban J connectivity index is 2.33. The van der Waals surface area contributed by atoms with Crippen LogP contribution in [-0.4, -0.2) is 13.1 Å². The minimum absolute atomic E-state index is 0.0749. The lowest BCUT2D eigenvalue weighted by Gasteiger charge is -2.30. The van der Waals surface area contributed by atoms with Crippen molar-refractivity contribution in [2.75, 3.05) is 18.0 Å². The molecule has 1 aromatic rings. The fourth-order valence-electron chi connectivity index (χ4n) is 2.75. The smallest absolute Gasteiger partial charge is 0.0995 e. The Kier molecular flexibility index (Phi) is 4.14. The van der Waals surface area contributed by atoms with Crippen LogP contribution in [-0.2, 0) is 5.41 Å². The number of benzene rings is 1. The molecule has 1 aliphatic rings. The van der Waals surface area contributed by atoms with E-state index in [4.69, 9.17) is 0 Å². The Labute approximate surface area is 117 Å². The van der Waals surface area contributed by atoms with E-state index in [0.717, 1.165) is 25.1 Å². The van der Waals surface area contributed by atoms with Crippen molar-refractivity contribution in [1.82, 2.24) is 0 Å². The third-order valence-corrected chi connectivity index (χ3v) is 4.46. The van der Waals surface area contributed by atoms with Crippen LogP contribution in [0.3, 0.4) is 0 Å². The maximum atomic E-state index is 9.43. The van der Waals surface area contributed by atoms with Gasteiger partial charge in [0.05, 0.1) is 11.6 Å². The first kappa shape index (κ1) is 13.9. The molecule has 0 spiro atoms. The first-order valence-corrected chi connectivity index (χ1v) is 7.38. The van der Waals surface area contributed by atoms with Gasteiger partial charge in [-0.15, -0.1) is 0 Å². The van der Waals surface area contributed by atoms with Gasteiger partial charge < -0.3 is 4.90 Å². The number of nitriles is 1. The van der Waals surface area contributed by atoms with E-state index in [0.29, 0.717) is 0 Å². The molecule has 0 amide bonds. The fraction of sp³-hybridized carbons (Fsp3) is 0.588. The van der Waals surface area contributed by atoms with E-state index in [9.17, 15) is 5.26 Å². The largest absolute Gasteiger partial charge is 0.372 e. The second-order valence-corrected chi connectivity index (χ2v) is 6.13. The van der Waals surface area contributed by atoms with E-state index in [1.54, 1.807) is 0 Å². The molecule has 102 valence electrons. The van der Waals surface area contributed by atoms with E-state index in [-0.39, 0.29) is 5.41 Å². The molecule has 1 saturated heterocycles. The van der Waals surface area contributed by atoms with Gasteiger partial charge in [0.2, 0.25) is 0 Å². The second kappa shape index (κ2) is 5.65. The number of rotatable bonds is 3. The minimum atomic E-state index is 0.0749. The molecule has 0 N–H and O–H groups in total. The molecule has 0 unspecified atom stereocenters. The molecule has 0 saturated carbocycles. The molecule has 2 heteroatoms. The van der Waals surface area contributed by atoms with Gasteiger partial charge in [-0.1, -0.05) is 26.8 Å². The van der Waals surface area contributed by atoms with Crippen LogP contribution in [0.4, 0.5) is 5.69 Å². The lowest BCUT2D eigenvalue weighted by molar-refractivity contribution is 0.505. The van der Waals surface area contributed by atoms with Gasteiger partial charge in [0.1, 0.15) is 0 Å². The third-order valence-electron chi connectivity index (χ3n) is 4.46. The highest BCUT2D eigenvalue weighted by molar-refractivity contribution is 5.56. The Hall–Kier alpha value is -1.49. The zero-order chi connectivity index (χ0) is 13.9. The van der Waals surface area contributed by atoms with Gasteiger partial charge in [-0.2, -0.15) is 5.26 Å². The predicted molar refractivity (Wildman–Crippen MR) is 80.5 cm³/mol. The van der Waals surface area contributed by atoms with E-state index in [1.165, 1.54) is 30.5 Å². The van der Waals surface area contributed by atoms with Gasteiger partial charge in [-0.3, -0.25) is 0 Å². The lowest BCUT2D eigenvalue weighted by atomic mass is 9.79. The van der Waals surface area contributed by atoms with Crippen LogP contribution in [0.25, 0.3) is 0 Å². The van der Waals surface area contributed by atoms with Gasteiger partial charge in [0, 0.05) is 18.8 Å². The van der Waals surface area contributed by atoms with Crippen molar-refractivity contribution in [3.63, 3.8) is 0 Å². The molecule has 1 aliphatic heterocycles. The standard InChI is InChI=1S/C17H24N2/c1-4-17(2,3)16-9-8-15(12-14(16)13-18)19-10-6-5-7-11-19/h8-9,12H,4-7,10-11H2,1-3H3. The van der Waals surface area contributed by atoms with Crippen LogP contribution < -0.4 is 4.90 Å². The summed E-state index contributed by atoms with van der Waals surface area (Å²) in [6.07, 6.45) is 4.92. The van der Waals surface area contributed by atoms with Crippen molar-refractivity contribution >= 4 is 5.69 Å². The zero-order valence-electron chi connectivity index (χ0n) is 12.4. The first-order valence-electron chi connectivity index (χ1n) is 7.38. The van der Waals surface area contributed by atoms with Gasteiger partial charge >= 0.3 is 0 Å². The van der Waals surface area contributed by atoms with Crippen molar-refractivity contribution < 1.29 is 0 Å². The second-order valence-electron chi connectivity index (χ2n) is 6.13. The highest BCUT2D eigenvalue weighted by atomic mass is 15.1. The molecular formula is C17H24N2. The molecule has 2 nitrogen and oxygen atoms in total. The summed E-state index contributed by atoms with van der Waals surface area (Å²) in [5.74, 6) is 0. The summed E-state index contributed by atoms with van der Waals surface area (Å²) in [4.78, 5) is 2.41. The van der Waals surface area contributed by atoms with Crippen LogP contribution in [0.2, 0.25) is 0 Å². The molecule has 0 aromatic heterocycles. The zero-order valence-corrected chi connectivity index (χ0v) is 12.4. The van der Waals surface area contributed by atoms with E-state index < -0.39 is 0 Å². The molecule has 0 atom stereocenters.